The van der Waals surface area contributed by atoms with Gasteiger partial charge in [0.2, 0.25) is 0 Å². The van der Waals surface area contributed by atoms with E-state index in [9.17, 15) is 9.59 Å². The molecule has 2 unspecified atom stereocenters. The van der Waals surface area contributed by atoms with E-state index in [1.807, 2.05) is 14.0 Å². The minimum Gasteiger partial charge on any atom is -0.466 e. The number of unbranched alkanes of at least 4 members (excludes halogenated alkanes) is 1. The minimum atomic E-state index is -0.825. The van der Waals surface area contributed by atoms with E-state index in [2.05, 4.69) is 4.99 Å². The highest BCUT2D eigenvalue weighted by Crippen LogP contribution is 2.42. The standard InChI is InChI=1S/C17H26Cl2N2O4/c1-3-6-14(22)24-8-5-4-7-13-12(10-25-15(13)23)9-17(19)16(18)20-11-21(17)2/h11-13,16H,3-10H2,1-2H3/t12-,13-,16?,17?/m0/s1. The van der Waals surface area contributed by atoms with Gasteiger partial charge in [-0.15, -0.1) is 0 Å². The van der Waals surface area contributed by atoms with Gasteiger partial charge in [0, 0.05) is 19.4 Å². The molecule has 0 aromatic rings. The smallest absolute Gasteiger partial charge is 0.309 e. The third kappa shape index (κ3) is 5.00. The molecule has 142 valence electrons. The number of hydrogen-bond acceptors (Lipinski definition) is 6. The van der Waals surface area contributed by atoms with E-state index < -0.39 is 10.5 Å². The second-order valence-corrected chi connectivity index (χ2v) is 7.76. The molecule has 2 rings (SSSR count). The predicted octanol–water partition coefficient (Wildman–Crippen LogP) is 3.15. The molecule has 0 saturated carbocycles. The van der Waals surface area contributed by atoms with Crippen molar-refractivity contribution >= 4 is 41.5 Å². The van der Waals surface area contributed by atoms with E-state index in [-0.39, 0.29) is 23.8 Å². The van der Waals surface area contributed by atoms with Crippen LogP contribution in [-0.2, 0) is 19.1 Å². The number of likely N-dealkylation sites (N-methyl/N-ethyl adjacent to an activating group) is 1. The van der Waals surface area contributed by atoms with Crippen molar-refractivity contribution in [2.75, 3.05) is 20.3 Å². The van der Waals surface area contributed by atoms with Crippen molar-refractivity contribution in [3.05, 3.63) is 0 Å². The van der Waals surface area contributed by atoms with Gasteiger partial charge in [-0.3, -0.25) is 14.6 Å². The summed E-state index contributed by atoms with van der Waals surface area (Å²) in [6.07, 6.45) is 5.61. The van der Waals surface area contributed by atoms with Gasteiger partial charge < -0.3 is 14.4 Å². The maximum atomic E-state index is 12.1. The lowest BCUT2D eigenvalue weighted by atomic mass is 9.85. The molecule has 1 fully saturated rings. The van der Waals surface area contributed by atoms with Crippen LogP contribution in [0.4, 0.5) is 0 Å². The second kappa shape index (κ2) is 9.08. The van der Waals surface area contributed by atoms with Gasteiger partial charge in [-0.2, -0.15) is 0 Å². The molecule has 8 heteroatoms. The number of carbonyl (C=O) groups is 2. The summed E-state index contributed by atoms with van der Waals surface area (Å²) < 4.78 is 10.4. The fourth-order valence-corrected chi connectivity index (χ4v) is 3.83. The molecule has 0 N–H and O–H groups in total. The molecule has 4 atom stereocenters. The summed E-state index contributed by atoms with van der Waals surface area (Å²) in [5.41, 5.74) is -0.548. The Labute approximate surface area is 158 Å². The summed E-state index contributed by atoms with van der Waals surface area (Å²) in [5, 5.41) is 0. The number of aliphatic imine (C=N–C) groups is 1. The monoisotopic (exact) mass is 392 g/mol. The topological polar surface area (TPSA) is 68.2 Å². The molecule has 0 bridgehead atoms. The Bertz CT molecular complexity index is 503. The first-order chi connectivity index (χ1) is 11.9. The van der Waals surface area contributed by atoms with Gasteiger partial charge in [0.15, 0.2) is 10.5 Å². The summed E-state index contributed by atoms with van der Waals surface area (Å²) in [4.78, 5) is 28.5. The Balaban J connectivity index is 1.79. The number of carbonyl (C=O) groups excluding carboxylic acids is 2. The van der Waals surface area contributed by atoms with Crippen LogP contribution in [0, 0.1) is 11.8 Å². The van der Waals surface area contributed by atoms with Crippen molar-refractivity contribution < 1.29 is 19.1 Å². The van der Waals surface area contributed by atoms with Gasteiger partial charge in [0.05, 0.1) is 25.5 Å². The Morgan fingerprint density at radius 1 is 1.52 bits per heavy atom. The average molecular weight is 393 g/mol. The lowest BCUT2D eigenvalue weighted by molar-refractivity contribution is -0.144. The Morgan fingerprint density at radius 2 is 2.28 bits per heavy atom. The van der Waals surface area contributed by atoms with Gasteiger partial charge in [-0.1, -0.05) is 30.1 Å². The van der Waals surface area contributed by atoms with Crippen molar-refractivity contribution in [3.63, 3.8) is 0 Å². The molecule has 0 amide bonds. The van der Waals surface area contributed by atoms with E-state index in [0.29, 0.717) is 32.5 Å². The lowest BCUT2D eigenvalue weighted by Gasteiger charge is -2.34. The predicted molar refractivity (Wildman–Crippen MR) is 96.8 cm³/mol. The van der Waals surface area contributed by atoms with E-state index >= 15 is 0 Å². The molecule has 1 saturated heterocycles. The SMILES string of the molecule is CCCC(=O)OCCCC[C@@H]1C(=O)OC[C@@H]1CC1(Cl)C(Cl)N=CN1C. The van der Waals surface area contributed by atoms with Crippen LogP contribution in [0.15, 0.2) is 4.99 Å². The van der Waals surface area contributed by atoms with Crippen molar-refractivity contribution in [1.82, 2.24) is 4.90 Å². The lowest BCUT2D eigenvalue weighted by Crippen LogP contribution is -2.45. The van der Waals surface area contributed by atoms with Crippen molar-refractivity contribution in [1.29, 1.82) is 0 Å². The van der Waals surface area contributed by atoms with Crippen LogP contribution in [0.2, 0.25) is 0 Å². The zero-order valence-corrected chi connectivity index (χ0v) is 16.3. The summed E-state index contributed by atoms with van der Waals surface area (Å²) in [6, 6.07) is 0. The molecule has 2 heterocycles. The van der Waals surface area contributed by atoms with E-state index in [0.717, 1.165) is 19.3 Å². The van der Waals surface area contributed by atoms with Crippen molar-refractivity contribution in [2.45, 2.75) is 55.9 Å². The molecule has 0 aromatic carbocycles. The van der Waals surface area contributed by atoms with Crippen LogP contribution >= 0.6 is 23.2 Å². The number of rotatable bonds is 9. The first kappa shape index (κ1) is 20.3. The molecule has 0 radical (unpaired) electrons. The quantitative estimate of drug-likeness (QED) is 0.261. The largest absolute Gasteiger partial charge is 0.466 e. The van der Waals surface area contributed by atoms with Crippen LogP contribution in [-0.4, -0.2) is 53.9 Å². The molecule has 0 aromatic heterocycles. The fourth-order valence-electron chi connectivity index (χ4n) is 3.23. The summed E-state index contributed by atoms with van der Waals surface area (Å²) in [7, 11) is 1.83. The third-order valence-electron chi connectivity index (χ3n) is 4.81. The molecule has 0 spiro atoms. The number of esters is 2. The molecular formula is C17H26Cl2N2O4. The summed E-state index contributed by atoms with van der Waals surface area (Å²) in [5.74, 6) is -0.527. The van der Waals surface area contributed by atoms with Gasteiger partial charge >= 0.3 is 11.9 Å². The van der Waals surface area contributed by atoms with E-state index in [1.165, 1.54) is 0 Å². The number of ether oxygens (including phenoxy) is 2. The maximum absolute atomic E-state index is 12.1. The highest BCUT2D eigenvalue weighted by Gasteiger charge is 2.48. The van der Waals surface area contributed by atoms with Gasteiger partial charge in [0.25, 0.3) is 0 Å². The highest BCUT2D eigenvalue weighted by molar-refractivity contribution is 6.33. The molecule has 2 aliphatic rings. The summed E-state index contributed by atoms with van der Waals surface area (Å²) in [6.45, 7) is 2.70. The number of hydrogen-bond donors (Lipinski definition) is 0. The van der Waals surface area contributed by atoms with E-state index in [1.54, 1.807) is 11.2 Å². The molecule has 25 heavy (non-hydrogen) atoms. The first-order valence-corrected chi connectivity index (χ1v) is 9.61. The second-order valence-electron chi connectivity index (χ2n) is 6.70. The minimum absolute atomic E-state index is 0.0121. The number of alkyl halides is 2. The maximum Gasteiger partial charge on any atom is 0.309 e. The Morgan fingerprint density at radius 3 is 2.92 bits per heavy atom. The Hall–Kier alpha value is -1.01. The number of nitrogens with zero attached hydrogens (tertiary/aromatic N) is 2. The highest BCUT2D eigenvalue weighted by atomic mass is 35.5. The Kier molecular flexibility index (Phi) is 7.37. The first-order valence-electron chi connectivity index (χ1n) is 8.80. The zero-order valence-electron chi connectivity index (χ0n) is 14.7. The van der Waals surface area contributed by atoms with Gasteiger partial charge in [-0.05, 0) is 32.1 Å². The average Bonchev–Trinajstić information content (AvgIpc) is 3.03. The zero-order chi connectivity index (χ0) is 18.4. The van der Waals surface area contributed by atoms with Crippen molar-refractivity contribution in [2.24, 2.45) is 16.8 Å². The van der Waals surface area contributed by atoms with E-state index in [4.69, 9.17) is 32.7 Å². The van der Waals surface area contributed by atoms with Crippen LogP contribution in [0.25, 0.3) is 0 Å². The molecule has 0 aliphatic carbocycles. The third-order valence-corrected chi connectivity index (χ3v) is 6.02. The fraction of sp³-hybridized carbons (Fsp3) is 0.824. The number of halogens is 2. The van der Waals surface area contributed by atoms with Crippen LogP contribution in [0.1, 0.15) is 45.4 Å². The molecular weight excluding hydrogens is 367 g/mol. The van der Waals surface area contributed by atoms with Gasteiger partial charge in [0.1, 0.15) is 0 Å². The van der Waals surface area contributed by atoms with Crippen LogP contribution in [0.5, 0.6) is 0 Å². The molecule has 2 aliphatic heterocycles. The van der Waals surface area contributed by atoms with Crippen LogP contribution in [0.3, 0.4) is 0 Å². The van der Waals surface area contributed by atoms with Crippen LogP contribution < -0.4 is 0 Å². The summed E-state index contributed by atoms with van der Waals surface area (Å²) >= 11 is 12.9. The van der Waals surface area contributed by atoms with Gasteiger partial charge in [-0.25, -0.2) is 0 Å². The molecule has 6 nitrogen and oxygen atoms in total. The normalized spacial score (nSPS) is 31.4. The van der Waals surface area contributed by atoms with Crippen molar-refractivity contribution in [3.8, 4) is 0 Å². The number of cyclic esters (lactones) is 1.